The van der Waals surface area contributed by atoms with Gasteiger partial charge in [-0.05, 0) is 17.7 Å². The van der Waals surface area contributed by atoms with Crippen molar-refractivity contribution in [3.05, 3.63) is 29.1 Å². The van der Waals surface area contributed by atoms with E-state index in [9.17, 15) is 18.8 Å². The van der Waals surface area contributed by atoms with Gasteiger partial charge in [0.2, 0.25) is 5.91 Å². The summed E-state index contributed by atoms with van der Waals surface area (Å²) in [6, 6.07) is 2.96. The minimum absolute atomic E-state index is 0.0800. The Hall–Kier alpha value is -2.04. The largest absolute Gasteiger partial charge is 0.493 e. The molecule has 1 heterocycles. The summed E-state index contributed by atoms with van der Waals surface area (Å²) in [5.41, 5.74) is 0.630. The van der Waals surface area contributed by atoms with Crippen LogP contribution in [-0.2, 0) is 19.6 Å². The molecular weight excluding hydrogens is 346 g/mol. The second-order valence-corrected chi connectivity index (χ2v) is 5.90. The van der Waals surface area contributed by atoms with Gasteiger partial charge in [0.05, 0.1) is 30.0 Å². The lowest BCUT2D eigenvalue weighted by Crippen LogP contribution is -2.64. The minimum atomic E-state index is -4.80. The van der Waals surface area contributed by atoms with Crippen molar-refractivity contribution < 1.29 is 47.5 Å². The van der Waals surface area contributed by atoms with Gasteiger partial charge in [0.1, 0.15) is 4.29 Å². The molecule has 0 aromatic heterocycles. The molecule has 0 saturated carbocycles. The van der Waals surface area contributed by atoms with Gasteiger partial charge < -0.3 is 14.2 Å². The van der Waals surface area contributed by atoms with Gasteiger partial charge in [-0.3, -0.25) is 10.1 Å². The summed E-state index contributed by atoms with van der Waals surface area (Å²) in [4.78, 5) is 11.2. The highest BCUT2D eigenvalue weighted by Crippen LogP contribution is 2.43. The molecule has 10 heteroatoms. The number of nitrogens with one attached hydrogen (secondary N) is 1. The van der Waals surface area contributed by atoms with Crippen LogP contribution in [0.4, 0.5) is 0 Å². The highest BCUT2D eigenvalue weighted by atomic mass is 35.7. The van der Waals surface area contributed by atoms with Crippen molar-refractivity contribution in [2.45, 2.75) is 19.6 Å². The van der Waals surface area contributed by atoms with E-state index in [4.69, 9.17) is 14.2 Å². The molecule has 1 amide bonds. The molecule has 132 valence electrons. The van der Waals surface area contributed by atoms with Gasteiger partial charge in [0, 0.05) is 19.9 Å². The maximum Gasteiger partial charge on any atom is 0.387 e. The van der Waals surface area contributed by atoms with Crippen molar-refractivity contribution in [2.24, 2.45) is 0 Å². The SMILES string of the molecule is COc1cc2c(cc1OC)C(C)(O[Cl+3]([O-])([O-])[O-])OC(NC(C)=O)=C2. The monoisotopic (exact) mass is 361 g/mol. The third kappa shape index (κ3) is 3.89. The number of benzene rings is 1. The van der Waals surface area contributed by atoms with E-state index in [0.29, 0.717) is 11.3 Å². The number of rotatable bonds is 5. The lowest BCUT2D eigenvalue weighted by molar-refractivity contribution is -1.92. The third-order valence-electron chi connectivity index (χ3n) is 3.18. The molecule has 1 aliphatic rings. The number of carbonyl (C=O) groups excluding carboxylic acids is 1. The summed E-state index contributed by atoms with van der Waals surface area (Å²) in [7, 11) is -1.98. The zero-order valence-corrected chi connectivity index (χ0v) is 14.1. The number of fused-ring (bicyclic) bond motifs is 1. The predicted octanol–water partition coefficient (Wildman–Crippen LogP) is -1.74. The highest BCUT2D eigenvalue weighted by molar-refractivity contribution is 5.76. The molecule has 9 nitrogen and oxygen atoms in total. The quantitative estimate of drug-likeness (QED) is 0.652. The number of methoxy groups -OCH3 is 2. The number of hydrogen-bond donors (Lipinski definition) is 1. The fourth-order valence-electron chi connectivity index (χ4n) is 2.32. The van der Waals surface area contributed by atoms with Crippen LogP contribution < -0.4 is 28.8 Å². The van der Waals surface area contributed by atoms with E-state index in [1.807, 2.05) is 0 Å². The summed E-state index contributed by atoms with van der Waals surface area (Å²) in [5.74, 6) is -1.88. The van der Waals surface area contributed by atoms with E-state index in [1.54, 1.807) is 0 Å². The van der Waals surface area contributed by atoms with E-state index in [-0.39, 0.29) is 17.2 Å². The molecule has 1 unspecified atom stereocenters. The Bertz CT molecular complexity index is 684. The molecule has 1 aliphatic heterocycles. The molecule has 0 saturated heterocycles. The van der Waals surface area contributed by atoms with Crippen molar-refractivity contribution in [3.8, 4) is 11.5 Å². The predicted molar refractivity (Wildman–Crippen MR) is 70.9 cm³/mol. The third-order valence-corrected chi connectivity index (χ3v) is 3.66. The molecule has 0 radical (unpaired) electrons. The van der Waals surface area contributed by atoms with Crippen LogP contribution in [0, 0.1) is 10.2 Å². The molecule has 1 aromatic rings. The molecule has 0 bridgehead atoms. The lowest BCUT2D eigenvalue weighted by Gasteiger charge is -2.32. The zero-order chi connectivity index (χ0) is 18.1. The van der Waals surface area contributed by atoms with Gasteiger partial charge in [-0.2, -0.15) is 14.0 Å². The molecule has 0 fully saturated rings. The normalized spacial score (nSPS) is 19.7. The van der Waals surface area contributed by atoms with Crippen LogP contribution in [0.5, 0.6) is 11.5 Å². The number of halogens is 1. The first-order valence-electron chi connectivity index (χ1n) is 6.64. The average Bonchev–Trinajstić information content (AvgIpc) is 2.43. The van der Waals surface area contributed by atoms with Crippen LogP contribution in [-0.4, -0.2) is 20.1 Å². The smallest absolute Gasteiger partial charge is 0.387 e. The second-order valence-electron chi connectivity index (χ2n) is 4.99. The van der Waals surface area contributed by atoms with E-state index in [2.05, 4.69) is 9.61 Å². The van der Waals surface area contributed by atoms with Crippen LogP contribution in [0.25, 0.3) is 6.08 Å². The van der Waals surface area contributed by atoms with Gasteiger partial charge in [0.15, 0.2) is 17.4 Å². The molecule has 1 aromatic carbocycles. The second kappa shape index (κ2) is 6.46. The maximum atomic E-state index is 11.2. The van der Waals surface area contributed by atoms with E-state index in [1.165, 1.54) is 46.3 Å². The molecule has 24 heavy (non-hydrogen) atoms. The van der Waals surface area contributed by atoms with Gasteiger partial charge in [-0.15, -0.1) is 0 Å². The molecule has 0 aliphatic carbocycles. The average molecular weight is 362 g/mol. The van der Waals surface area contributed by atoms with Crippen molar-refractivity contribution in [3.63, 3.8) is 0 Å². The maximum absolute atomic E-state index is 11.2. The molecule has 0 spiro atoms. The number of ether oxygens (including phenoxy) is 3. The zero-order valence-electron chi connectivity index (χ0n) is 13.4. The minimum Gasteiger partial charge on any atom is -0.493 e. The van der Waals surface area contributed by atoms with Crippen molar-refractivity contribution in [2.75, 3.05) is 14.2 Å². The Morgan fingerprint density at radius 1 is 1.21 bits per heavy atom. The molecular formula is C14H16ClNO8. The van der Waals surface area contributed by atoms with Crippen molar-refractivity contribution in [1.82, 2.24) is 5.32 Å². The van der Waals surface area contributed by atoms with Crippen LogP contribution in [0.3, 0.4) is 0 Å². The number of amides is 1. The van der Waals surface area contributed by atoms with E-state index >= 15 is 0 Å². The standard InChI is InChI=1S/C14H16ClNO8/c1-8(17)16-13-6-9-5-11(21-3)12(22-4)7-10(9)14(2,23-13)24-15(18,19)20/h5-7H,1-4H3,(H,16,17). The summed E-state index contributed by atoms with van der Waals surface area (Å²) in [6.45, 7) is 2.48. The Morgan fingerprint density at radius 3 is 2.29 bits per heavy atom. The van der Waals surface area contributed by atoms with Crippen LogP contribution >= 0.6 is 0 Å². The lowest BCUT2D eigenvalue weighted by atomic mass is 9.97. The molecule has 1 N–H and O–H groups in total. The Balaban J connectivity index is 2.61. The highest BCUT2D eigenvalue weighted by Gasteiger charge is 2.50. The van der Waals surface area contributed by atoms with Gasteiger partial charge >= 0.3 is 5.79 Å². The molecule has 2 rings (SSSR count). The summed E-state index contributed by atoms with van der Waals surface area (Å²) >= 11 is 0. The fourth-order valence-corrected chi connectivity index (χ4v) is 2.79. The fraction of sp³-hybridized carbons (Fsp3) is 0.357. The topological polar surface area (TPSA) is 135 Å². The Morgan fingerprint density at radius 2 is 1.79 bits per heavy atom. The summed E-state index contributed by atoms with van der Waals surface area (Å²) < 4.78 is 53.5. The van der Waals surface area contributed by atoms with Crippen molar-refractivity contribution in [1.29, 1.82) is 0 Å². The van der Waals surface area contributed by atoms with Crippen molar-refractivity contribution >= 4 is 12.0 Å². The molecule has 1 atom stereocenters. The van der Waals surface area contributed by atoms with Gasteiger partial charge in [-0.1, -0.05) is 0 Å². The summed E-state index contributed by atoms with van der Waals surface area (Å²) in [6.07, 6.45) is 1.44. The van der Waals surface area contributed by atoms with E-state index in [0.717, 1.165) is 0 Å². The Labute approximate surface area is 140 Å². The van der Waals surface area contributed by atoms with Crippen LogP contribution in [0.1, 0.15) is 25.0 Å². The van der Waals surface area contributed by atoms with Gasteiger partial charge in [-0.25, -0.2) is 0 Å². The Kier molecular flexibility index (Phi) is 4.92. The van der Waals surface area contributed by atoms with E-state index < -0.39 is 21.9 Å². The summed E-state index contributed by atoms with van der Waals surface area (Å²) in [5, 5.41) is 2.38. The number of carbonyl (C=O) groups is 1. The first-order valence-corrected chi connectivity index (χ1v) is 7.87. The first kappa shape index (κ1) is 18.3. The van der Waals surface area contributed by atoms with Crippen LogP contribution in [0.2, 0.25) is 0 Å². The first-order chi connectivity index (χ1) is 11.1. The van der Waals surface area contributed by atoms with Crippen LogP contribution in [0.15, 0.2) is 18.0 Å². The van der Waals surface area contributed by atoms with Gasteiger partial charge in [0.25, 0.3) is 0 Å². The number of hydrogen-bond acceptors (Lipinski definition) is 8.